The highest BCUT2D eigenvalue weighted by Gasteiger charge is 2.17. The first kappa shape index (κ1) is 18.1. The minimum atomic E-state index is -0.361. The second-order valence-electron chi connectivity index (χ2n) is 6.07. The van der Waals surface area contributed by atoms with E-state index in [1.165, 1.54) is 29.2 Å². The van der Waals surface area contributed by atoms with Crippen LogP contribution in [0, 0.1) is 5.82 Å². The summed E-state index contributed by atoms with van der Waals surface area (Å²) in [7, 11) is 3.19. The Morgan fingerprint density at radius 2 is 2.14 bits per heavy atom. The van der Waals surface area contributed by atoms with Crippen LogP contribution in [0.15, 0.2) is 35.8 Å². The van der Waals surface area contributed by atoms with Crippen molar-refractivity contribution in [3.63, 3.8) is 0 Å². The number of fused-ring (bicyclic) bond motifs is 1. The van der Waals surface area contributed by atoms with Gasteiger partial charge in [-0.05, 0) is 12.1 Å². The number of benzene rings is 1. The molecule has 0 aliphatic rings. The zero-order chi connectivity index (χ0) is 19.7. The van der Waals surface area contributed by atoms with E-state index in [1.54, 1.807) is 36.0 Å². The number of halogens is 1. The summed E-state index contributed by atoms with van der Waals surface area (Å²) in [5.41, 5.74) is 1.62. The SMILES string of the molecule is COc1nn(C)cc1C(=O)NCCc1csc2nc(-c3ccccc3F)nn12. The van der Waals surface area contributed by atoms with E-state index in [2.05, 4.69) is 20.5 Å². The molecule has 4 aromatic rings. The molecule has 0 spiro atoms. The van der Waals surface area contributed by atoms with Gasteiger partial charge in [0.1, 0.15) is 11.4 Å². The van der Waals surface area contributed by atoms with Crippen LogP contribution in [0.25, 0.3) is 16.3 Å². The van der Waals surface area contributed by atoms with E-state index in [9.17, 15) is 9.18 Å². The van der Waals surface area contributed by atoms with Gasteiger partial charge < -0.3 is 10.1 Å². The molecule has 0 radical (unpaired) electrons. The Balaban J connectivity index is 1.47. The summed E-state index contributed by atoms with van der Waals surface area (Å²) in [4.78, 5) is 17.4. The van der Waals surface area contributed by atoms with Crippen LogP contribution in [0.5, 0.6) is 5.88 Å². The molecule has 4 rings (SSSR count). The molecule has 10 heteroatoms. The van der Waals surface area contributed by atoms with Crippen LogP contribution < -0.4 is 10.1 Å². The van der Waals surface area contributed by atoms with Crippen molar-refractivity contribution in [2.45, 2.75) is 6.42 Å². The third-order valence-electron chi connectivity index (χ3n) is 4.16. The summed E-state index contributed by atoms with van der Waals surface area (Å²) in [6, 6.07) is 6.41. The molecule has 0 fully saturated rings. The third-order valence-corrected chi connectivity index (χ3v) is 5.03. The van der Waals surface area contributed by atoms with Crippen molar-refractivity contribution in [2.24, 2.45) is 7.05 Å². The van der Waals surface area contributed by atoms with Gasteiger partial charge in [-0.3, -0.25) is 9.48 Å². The van der Waals surface area contributed by atoms with Gasteiger partial charge >= 0.3 is 0 Å². The molecule has 0 unspecified atom stereocenters. The first-order valence-electron chi connectivity index (χ1n) is 8.50. The smallest absolute Gasteiger partial charge is 0.258 e. The van der Waals surface area contributed by atoms with Crippen molar-refractivity contribution < 1.29 is 13.9 Å². The average Bonchev–Trinajstić information content (AvgIpc) is 3.36. The maximum absolute atomic E-state index is 14.0. The van der Waals surface area contributed by atoms with Crippen LogP contribution in [0.3, 0.4) is 0 Å². The van der Waals surface area contributed by atoms with Crippen molar-refractivity contribution in [3.8, 4) is 17.3 Å². The molecule has 0 atom stereocenters. The van der Waals surface area contributed by atoms with Gasteiger partial charge in [0.25, 0.3) is 5.91 Å². The molecule has 1 aromatic carbocycles. The van der Waals surface area contributed by atoms with Gasteiger partial charge in [0.15, 0.2) is 5.82 Å². The van der Waals surface area contributed by atoms with E-state index in [1.807, 2.05) is 5.38 Å². The summed E-state index contributed by atoms with van der Waals surface area (Å²) < 4.78 is 22.3. The van der Waals surface area contributed by atoms with Gasteiger partial charge in [-0.2, -0.15) is 4.98 Å². The Kier molecular flexibility index (Phi) is 4.78. The predicted molar refractivity (Wildman–Crippen MR) is 102 cm³/mol. The lowest BCUT2D eigenvalue weighted by molar-refractivity contribution is 0.0951. The highest BCUT2D eigenvalue weighted by molar-refractivity contribution is 7.15. The number of aryl methyl sites for hydroxylation is 1. The molecule has 0 saturated carbocycles. The van der Waals surface area contributed by atoms with E-state index in [0.717, 1.165) is 5.69 Å². The third kappa shape index (κ3) is 3.33. The van der Waals surface area contributed by atoms with E-state index in [4.69, 9.17) is 4.74 Å². The topological polar surface area (TPSA) is 86.3 Å². The molecule has 3 aromatic heterocycles. The number of nitrogens with zero attached hydrogens (tertiary/aromatic N) is 5. The summed E-state index contributed by atoms with van der Waals surface area (Å²) in [6.45, 7) is 0.400. The summed E-state index contributed by atoms with van der Waals surface area (Å²) in [6.07, 6.45) is 2.16. The molecule has 3 heterocycles. The Morgan fingerprint density at radius 1 is 1.32 bits per heavy atom. The first-order chi connectivity index (χ1) is 13.6. The predicted octanol–water partition coefficient (Wildman–Crippen LogP) is 2.31. The van der Waals surface area contributed by atoms with Crippen molar-refractivity contribution in [2.75, 3.05) is 13.7 Å². The van der Waals surface area contributed by atoms with Gasteiger partial charge in [0.05, 0.1) is 18.4 Å². The average molecular weight is 400 g/mol. The first-order valence-corrected chi connectivity index (χ1v) is 9.38. The lowest BCUT2D eigenvalue weighted by Crippen LogP contribution is -2.26. The Morgan fingerprint density at radius 3 is 2.93 bits per heavy atom. The number of hydrogen-bond donors (Lipinski definition) is 1. The monoisotopic (exact) mass is 400 g/mol. The molecule has 144 valence electrons. The van der Waals surface area contributed by atoms with Gasteiger partial charge in [-0.1, -0.05) is 12.1 Å². The van der Waals surface area contributed by atoms with Gasteiger partial charge in [0.2, 0.25) is 10.8 Å². The number of methoxy groups -OCH3 is 1. The molecule has 28 heavy (non-hydrogen) atoms. The molecule has 0 saturated heterocycles. The summed E-state index contributed by atoms with van der Waals surface area (Å²) in [5, 5.41) is 13.3. The van der Waals surface area contributed by atoms with E-state index in [-0.39, 0.29) is 17.6 Å². The number of amides is 1. The molecular formula is C18H17FN6O2S. The fraction of sp³-hybridized carbons (Fsp3) is 0.222. The zero-order valence-corrected chi connectivity index (χ0v) is 16.0. The lowest BCUT2D eigenvalue weighted by Gasteiger charge is -2.04. The van der Waals surface area contributed by atoms with Crippen LogP contribution in [-0.4, -0.2) is 43.9 Å². The lowest BCUT2D eigenvalue weighted by atomic mass is 10.2. The minimum Gasteiger partial charge on any atom is -0.479 e. The molecule has 1 N–H and O–H groups in total. The Hall–Kier alpha value is -3.27. The van der Waals surface area contributed by atoms with E-state index >= 15 is 0 Å². The van der Waals surface area contributed by atoms with Gasteiger partial charge in [-0.25, -0.2) is 8.91 Å². The molecule has 1 amide bonds. The number of carbonyl (C=O) groups is 1. The number of aromatic nitrogens is 5. The number of thiazole rings is 1. The van der Waals surface area contributed by atoms with Gasteiger partial charge in [-0.15, -0.1) is 21.5 Å². The highest BCUT2D eigenvalue weighted by Crippen LogP contribution is 2.23. The molecule has 0 aliphatic heterocycles. The number of rotatable bonds is 6. The fourth-order valence-corrected chi connectivity index (χ4v) is 3.68. The minimum absolute atomic E-state index is 0.262. The standard InChI is InChI=1S/C18H17FN6O2S/c1-24-9-13(17(23-24)27-2)16(26)20-8-7-11-10-28-18-21-15(22-25(11)18)12-5-3-4-6-14(12)19/h3-6,9-10H,7-8H2,1-2H3,(H,20,26). The maximum Gasteiger partial charge on any atom is 0.258 e. The number of nitrogens with one attached hydrogen (secondary N) is 1. The zero-order valence-electron chi connectivity index (χ0n) is 15.2. The van der Waals surface area contributed by atoms with Crippen molar-refractivity contribution >= 4 is 22.2 Å². The number of ether oxygens (including phenoxy) is 1. The normalized spacial score (nSPS) is 11.1. The van der Waals surface area contributed by atoms with Crippen LogP contribution >= 0.6 is 11.3 Å². The highest BCUT2D eigenvalue weighted by atomic mass is 32.1. The Bertz CT molecular complexity index is 1150. The summed E-state index contributed by atoms with van der Waals surface area (Å²) >= 11 is 1.42. The quantitative estimate of drug-likeness (QED) is 0.537. The molecule has 8 nitrogen and oxygen atoms in total. The summed E-state index contributed by atoms with van der Waals surface area (Å²) in [5.74, 6) is 0.00102. The van der Waals surface area contributed by atoms with Gasteiger partial charge in [0, 0.05) is 31.6 Å². The second-order valence-corrected chi connectivity index (χ2v) is 6.90. The van der Waals surface area contributed by atoms with Crippen molar-refractivity contribution in [1.29, 1.82) is 0 Å². The van der Waals surface area contributed by atoms with E-state index < -0.39 is 0 Å². The van der Waals surface area contributed by atoms with Crippen molar-refractivity contribution in [3.05, 3.63) is 52.9 Å². The van der Waals surface area contributed by atoms with Crippen LogP contribution in [0.1, 0.15) is 16.1 Å². The second kappa shape index (κ2) is 7.39. The number of carbonyl (C=O) groups excluding carboxylic acids is 1. The maximum atomic E-state index is 14.0. The Labute approximate surface area is 163 Å². The van der Waals surface area contributed by atoms with Crippen LogP contribution in [0.2, 0.25) is 0 Å². The van der Waals surface area contributed by atoms with Crippen molar-refractivity contribution in [1.82, 2.24) is 29.7 Å². The van der Waals surface area contributed by atoms with Crippen LogP contribution in [-0.2, 0) is 13.5 Å². The molecule has 0 aliphatic carbocycles. The largest absolute Gasteiger partial charge is 0.479 e. The van der Waals surface area contributed by atoms with Crippen LogP contribution in [0.4, 0.5) is 4.39 Å². The molecular weight excluding hydrogens is 383 g/mol. The fourth-order valence-electron chi connectivity index (χ4n) is 2.83. The van der Waals surface area contributed by atoms with E-state index in [0.29, 0.717) is 34.9 Å². The molecule has 0 bridgehead atoms. The number of hydrogen-bond acceptors (Lipinski definition) is 6.